The van der Waals surface area contributed by atoms with Crippen LogP contribution in [0.4, 0.5) is 0 Å². The number of ether oxygens (including phenoxy) is 4. The maximum atomic E-state index is 12.3. The van der Waals surface area contributed by atoms with Gasteiger partial charge in [0.15, 0.2) is 11.4 Å². The fourth-order valence-electron chi connectivity index (χ4n) is 3.58. The molecule has 0 aromatic heterocycles. The number of aliphatic hydroxyl groups is 1. The molecule has 146 valence electrons. The number of hydrogen-bond donors (Lipinski definition) is 1. The molecule has 1 saturated heterocycles. The number of carbonyl (C=O) groups is 2. The van der Waals surface area contributed by atoms with Crippen LogP contribution in [0.1, 0.15) is 32.3 Å². The maximum Gasteiger partial charge on any atom is 0.338 e. The molecule has 1 aliphatic carbocycles. The first-order valence-electron chi connectivity index (χ1n) is 8.83. The minimum atomic E-state index is -1.80. The maximum absolute atomic E-state index is 12.3. The van der Waals surface area contributed by atoms with E-state index in [1.807, 2.05) is 30.3 Å². The second-order valence-corrected chi connectivity index (χ2v) is 7.29. The van der Waals surface area contributed by atoms with E-state index in [-0.39, 0.29) is 12.8 Å². The molecular formula is C20H24O7. The van der Waals surface area contributed by atoms with Crippen LogP contribution in [0.5, 0.6) is 0 Å². The van der Waals surface area contributed by atoms with Crippen molar-refractivity contribution in [3.05, 3.63) is 42.0 Å². The van der Waals surface area contributed by atoms with Crippen molar-refractivity contribution in [1.82, 2.24) is 0 Å². The Morgan fingerprint density at radius 1 is 1.19 bits per heavy atom. The molecule has 0 bridgehead atoms. The van der Waals surface area contributed by atoms with Crippen molar-refractivity contribution >= 4 is 18.0 Å². The van der Waals surface area contributed by atoms with Gasteiger partial charge in [-0.15, -0.1) is 0 Å². The zero-order valence-corrected chi connectivity index (χ0v) is 15.6. The SMILES string of the molecule is COC(=O)[C@@]1(O)C[C@@H](OC(=O)/C=C/c2ccccc2)[C@@H]2OC(C)(C)O[C@@H]2C1. The Labute approximate surface area is 157 Å². The van der Waals surface area contributed by atoms with Crippen molar-refractivity contribution in [1.29, 1.82) is 0 Å². The van der Waals surface area contributed by atoms with Crippen molar-refractivity contribution in [3.63, 3.8) is 0 Å². The Kier molecular flexibility index (Phi) is 5.37. The molecule has 1 aromatic rings. The molecule has 4 atom stereocenters. The smallest absolute Gasteiger partial charge is 0.338 e. The fraction of sp³-hybridized carbons (Fsp3) is 0.500. The van der Waals surface area contributed by atoms with Gasteiger partial charge in [-0.3, -0.25) is 0 Å². The number of rotatable bonds is 4. The van der Waals surface area contributed by atoms with Gasteiger partial charge in [0.25, 0.3) is 0 Å². The van der Waals surface area contributed by atoms with Crippen LogP contribution in [0.25, 0.3) is 6.08 Å². The van der Waals surface area contributed by atoms with Crippen molar-refractivity contribution in [2.45, 2.75) is 56.4 Å². The normalized spacial score (nSPS) is 32.1. The summed E-state index contributed by atoms with van der Waals surface area (Å²) in [5, 5.41) is 10.7. The lowest BCUT2D eigenvalue weighted by Crippen LogP contribution is -2.56. The first-order chi connectivity index (χ1) is 12.7. The van der Waals surface area contributed by atoms with Crippen LogP contribution in [0, 0.1) is 0 Å². The van der Waals surface area contributed by atoms with Gasteiger partial charge in [0, 0.05) is 18.9 Å². The highest BCUT2D eigenvalue weighted by Crippen LogP contribution is 2.42. The average Bonchev–Trinajstić information content (AvgIpc) is 2.94. The van der Waals surface area contributed by atoms with Crippen molar-refractivity contribution in [2.24, 2.45) is 0 Å². The third-order valence-corrected chi connectivity index (χ3v) is 4.71. The largest absolute Gasteiger partial charge is 0.467 e. The van der Waals surface area contributed by atoms with E-state index in [0.29, 0.717) is 0 Å². The number of fused-ring (bicyclic) bond motifs is 1. The number of benzene rings is 1. The molecule has 7 heteroatoms. The molecule has 7 nitrogen and oxygen atoms in total. The lowest BCUT2D eigenvalue weighted by atomic mass is 9.79. The van der Waals surface area contributed by atoms with Gasteiger partial charge in [-0.25, -0.2) is 9.59 Å². The molecule has 0 radical (unpaired) electrons. The molecule has 1 saturated carbocycles. The molecule has 3 rings (SSSR count). The van der Waals surface area contributed by atoms with Gasteiger partial charge in [-0.05, 0) is 25.5 Å². The fourth-order valence-corrected chi connectivity index (χ4v) is 3.58. The Hall–Kier alpha value is -2.22. The number of hydrogen-bond acceptors (Lipinski definition) is 7. The topological polar surface area (TPSA) is 91.3 Å². The highest BCUT2D eigenvalue weighted by Gasteiger charge is 2.58. The van der Waals surface area contributed by atoms with Gasteiger partial charge >= 0.3 is 11.9 Å². The van der Waals surface area contributed by atoms with Gasteiger partial charge in [-0.1, -0.05) is 30.3 Å². The Bertz CT molecular complexity index is 727. The van der Waals surface area contributed by atoms with E-state index in [1.54, 1.807) is 19.9 Å². The molecule has 1 aromatic carbocycles. The van der Waals surface area contributed by atoms with E-state index >= 15 is 0 Å². The molecule has 0 unspecified atom stereocenters. The molecule has 1 N–H and O–H groups in total. The van der Waals surface area contributed by atoms with Crippen LogP contribution in [-0.4, -0.2) is 53.9 Å². The molecular weight excluding hydrogens is 352 g/mol. The van der Waals surface area contributed by atoms with Crippen LogP contribution < -0.4 is 0 Å². The summed E-state index contributed by atoms with van der Waals surface area (Å²) in [6.45, 7) is 3.47. The van der Waals surface area contributed by atoms with Gasteiger partial charge in [0.05, 0.1) is 13.2 Å². The highest BCUT2D eigenvalue weighted by atomic mass is 16.8. The van der Waals surface area contributed by atoms with Crippen LogP contribution in [0.3, 0.4) is 0 Å². The highest BCUT2D eigenvalue weighted by molar-refractivity contribution is 5.87. The van der Waals surface area contributed by atoms with E-state index in [9.17, 15) is 14.7 Å². The zero-order chi connectivity index (χ0) is 19.7. The van der Waals surface area contributed by atoms with Crippen LogP contribution >= 0.6 is 0 Å². The minimum absolute atomic E-state index is 0.0156. The Balaban J connectivity index is 1.75. The Morgan fingerprint density at radius 2 is 1.89 bits per heavy atom. The van der Waals surface area contributed by atoms with E-state index in [4.69, 9.17) is 18.9 Å². The second-order valence-electron chi connectivity index (χ2n) is 7.29. The van der Waals surface area contributed by atoms with Crippen LogP contribution in [0.2, 0.25) is 0 Å². The van der Waals surface area contributed by atoms with Gasteiger partial charge in [-0.2, -0.15) is 0 Å². The molecule has 0 amide bonds. The van der Waals surface area contributed by atoms with E-state index in [1.165, 1.54) is 13.2 Å². The number of esters is 2. The number of carbonyl (C=O) groups excluding carboxylic acids is 2. The van der Waals surface area contributed by atoms with E-state index in [0.717, 1.165) is 5.56 Å². The molecule has 2 fully saturated rings. The lowest BCUT2D eigenvalue weighted by molar-refractivity contribution is -0.187. The predicted molar refractivity (Wildman–Crippen MR) is 95.4 cm³/mol. The summed E-state index contributed by atoms with van der Waals surface area (Å²) in [6, 6.07) is 9.31. The summed E-state index contributed by atoms with van der Waals surface area (Å²) in [4.78, 5) is 24.3. The van der Waals surface area contributed by atoms with Gasteiger partial charge in [0.2, 0.25) is 0 Å². The monoisotopic (exact) mass is 376 g/mol. The molecule has 1 aliphatic heterocycles. The predicted octanol–water partition coefficient (Wildman–Crippen LogP) is 1.83. The van der Waals surface area contributed by atoms with E-state index < -0.39 is 41.6 Å². The first-order valence-corrected chi connectivity index (χ1v) is 8.83. The lowest BCUT2D eigenvalue weighted by Gasteiger charge is -2.39. The molecule has 0 spiro atoms. The van der Waals surface area contributed by atoms with Crippen LogP contribution in [-0.2, 0) is 28.5 Å². The minimum Gasteiger partial charge on any atom is -0.467 e. The summed E-state index contributed by atoms with van der Waals surface area (Å²) >= 11 is 0. The summed E-state index contributed by atoms with van der Waals surface area (Å²) in [7, 11) is 1.20. The summed E-state index contributed by atoms with van der Waals surface area (Å²) < 4.78 is 21.9. The molecule has 2 aliphatic rings. The van der Waals surface area contributed by atoms with Gasteiger partial charge in [0.1, 0.15) is 12.2 Å². The molecule has 1 heterocycles. The van der Waals surface area contributed by atoms with Crippen molar-refractivity contribution in [3.8, 4) is 0 Å². The zero-order valence-electron chi connectivity index (χ0n) is 15.6. The Morgan fingerprint density at radius 3 is 2.56 bits per heavy atom. The molecule has 27 heavy (non-hydrogen) atoms. The summed E-state index contributed by atoms with van der Waals surface area (Å²) in [6.07, 6.45) is 0.824. The second kappa shape index (κ2) is 7.42. The summed E-state index contributed by atoms with van der Waals surface area (Å²) in [5.41, 5.74) is -0.947. The standard InChI is InChI=1S/C20H24O7/c1-19(2)26-15-12-20(23,18(22)24-3)11-14(17(15)27-19)25-16(21)10-9-13-7-5-4-6-8-13/h4-10,14-15,17,23H,11-12H2,1-3H3/b10-9+/t14-,15-,17+,20-/m1/s1. The van der Waals surface area contributed by atoms with Crippen molar-refractivity contribution < 1.29 is 33.6 Å². The number of methoxy groups -OCH3 is 1. The average molecular weight is 376 g/mol. The van der Waals surface area contributed by atoms with E-state index in [2.05, 4.69) is 0 Å². The third-order valence-electron chi connectivity index (χ3n) is 4.71. The van der Waals surface area contributed by atoms with Gasteiger partial charge < -0.3 is 24.1 Å². The third kappa shape index (κ3) is 4.37. The quantitative estimate of drug-likeness (QED) is 0.633. The van der Waals surface area contributed by atoms with Crippen LogP contribution in [0.15, 0.2) is 36.4 Å². The first kappa shape index (κ1) is 19.5. The van der Waals surface area contributed by atoms with Crippen molar-refractivity contribution in [2.75, 3.05) is 7.11 Å². The summed E-state index contributed by atoms with van der Waals surface area (Å²) in [5.74, 6) is -2.28.